The van der Waals surface area contributed by atoms with E-state index in [0.29, 0.717) is 27.6 Å². The van der Waals surface area contributed by atoms with Crippen molar-refractivity contribution in [3.63, 3.8) is 0 Å². The number of hydrogen-bond donors (Lipinski definition) is 0. The Labute approximate surface area is 243 Å². The van der Waals surface area contributed by atoms with Crippen LogP contribution in [-0.4, -0.2) is 9.97 Å². The molecule has 0 amide bonds. The van der Waals surface area contributed by atoms with Gasteiger partial charge in [-0.15, -0.1) is 0 Å². The van der Waals surface area contributed by atoms with Crippen LogP contribution in [-0.2, 0) is 0 Å². The van der Waals surface area contributed by atoms with E-state index in [2.05, 4.69) is 51.3 Å². The number of hydrogen-bond acceptors (Lipinski definition) is 7. The first-order valence-electron chi connectivity index (χ1n) is 13.5. The van der Waals surface area contributed by atoms with Gasteiger partial charge in [-0.3, -0.25) is 14.8 Å². The molecule has 0 aliphatic carbocycles. The molecule has 2 aliphatic rings. The summed E-state index contributed by atoms with van der Waals surface area (Å²) in [6.45, 7) is 0. The molecule has 2 aliphatic heterocycles. The highest BCUT2D eigenvalue weighted by molar-refractivity contribution is 7.99. The van der Waals surface area contributed by atoms with E-state index < -0.39 is 0 Å². The Kier molecular flexibility index (Phi) is 4.88. The van der Waals surface area contributed by atoms with Crippen LogP contribution in [0.25, 0.3) is 44.3 Å². The Balaban J connectivity index is 1.20. The molecule has 4 heterocycles. The van der Waals surface area contributed by atoms with Crippen molar-refractivity contribution in [3.05, 3.63) is 126 Å². The van der Waals surface area contributed by atoms with Gasteiger partial charge in [-0.1, -0.05) is 42.1 Å². The normalized spacial score (nSPS) is 12.9. The second kappa shape index (κ2) is 8.80. The molecule has 5 aromatic carbocycles. The molecule has 7 aromatic rings. The summed E-state index contributed by atoms with van der Waals surface area (Å²) >= 11 is 1.75. The number of anilines is 3. The highest BCUT2D eigenvalue weighted by Gasteiger charge is 2.33. The maximum absolute atomic E-state index is 13.8. The third-order valence-corrected chi connectivity index (χ3v) is 8.91. The molecule has 0 spiro atoms. The lowest BCUT2D eigenvalue weighted by Crippen LogP contribution is -2.19. The quantitative estimate of drug-likeness (QED) is 0.195. The summed E-state index contributed by atoms with van der Waals surface area (Å²) in [5.41, 5.74) is 7.54. The highest BCUT2D eigenvalue weighted by Crippen LogP contribution is 2.59. The van der Waals surface area contributed by atoms with Crippen LogP contribution >= 0.6 is 11.8 Å². The zero-order chi connectivity index (χ0) is 27.8. The average Bonchev–Trinajstić information content (AvgIpc) is 3.05. The van der Waals surface area contributed by atoms with Crippen molar-refractivity contribution >= 4 is 50.8 Å². The predicted molar refractivity (Wildman–Crippen MR) is 165 cm³/mol. The molecular formula is C35H19N3O3S. The Morgan fingerprint density at radius 3 is 2.29 bits per heavy atom. The first-order valence-corrected chi connectivity index (χ1v) is 14.3. The highest BCUT2D eigenvalue weighted by atomic mass is 32.2. The fourth-order valence-corrected chi connectivity index (χ4v) is 6.91. The van der Waals surface area contributed by atoms with Crippen molar-refractivity contribution in [2.24, 2.45) is 0 Å². The van der Waals surface area contributed by atoms with Crippen LogP contribution in [0.1, 0.15) is 0 Å². The maximum Gasteiger partial charge on any atom is 0.200 e. The molecule has 2 aromatic heterocycles. The monoisotopic (exact) mass is 561 g/mol. The van der Waals surface area contributed by atoms with Crippen LogP contribution in [0.3, 0.4) is 0 Å². The standard InChI is InChI=1S/C35H19N3O3S/c39-35-23-16-20(8-11-28(23)40-29-12-10-22(17-24(29)35)25-19-36-14-15-37-25)21-9-13-30-27(18-21)38-26-4-1-2-6-32(26)42-33-7-3-5-31(41-30)34(33)38/h1-19H. The fourth-order valence-electron chi connectivity index (χ4n) is 5.82. The first kappa shape index (κ1) is 23.3. The molecule has 0 saturated carbocycles. The van der Waals surface area contributed by atoms with Crippen LogP contribution in [0.15, 0.2) is 135 Å². The lowest BCUT2D eigenvalue weighted by Gasteiger charge is -2.38. The van der Waals surface area contributed by atoms with E-state index in [9.17, 15) is 4.79 Å². The van der Waals surface area contributed by atoms with Crippen molar-refractivity contribution in [1.82, 2.24) is 9.97 Å². The minimum absolute atomic E-state index is 0.0827. The molecule has 0 atom stereocenters. The number of para-hydroxylation sites is 2. The second-order valence-electron chi connectivity index (χ2n) is 10.2. The van der Waals surface area contributed by atoms with Crippen molar-refractivity contribution in [3.8, 4) is 33.9 Å². The van der Waals surface area contributed by atoms with Crippen molar-refractivity contribution in [1.29, 1.82) is 0 Å². The Bertz CT molecular complexity index is 2280. The molecule has 6 nitrogen and oxygen atoms in total. The number of fused-ring (bicyclic) bond motifs is 6. The molecule has 198 valence electrons. The summed E-state index contributed by atoms with van der Waals surface area (Å²) in [6, 6.07) is 32.1. The molecule has 0 N–H and O–H groups in total. The van der Waals surface area contributed by atoms with E-state index >= 15 is 0 Å². The van der Waals surface area contributed by atoms with E-state index in [4.69, 9.17) is 9.15 Å². The van der Waals surface area contributed by atoms with Gasteiger partial charge in [-0.05, 0) is 77.9 Å². The summed E-state index contributed by atoms with van der Waals surface area (Å²) in [5.74, 6) is 1.62. The topological polar surface area (TPSA) is 68.5 Å². The molecule has 0 fully saturated rings. The van der Waals surface area contributed by atoms with Gasteiger partial charge in [0.2, 0.25) is 5.43 Å². The van der Waals surface area contributed by atoms with Gasteiger partial charge in [0.15, 0.2) is 11.5 Å². The van der Waals surface area contributed by atoms with Crippen LogP contribution in [0.2, 0.25) is 0 Å². The molecule has 0 unspecified atom stereocenters. The lowest BCUT2D eigenvalue weighted by atomic mass is 10.00. The van der Waals surface area contributed by atoms with Gasteiger partial charge in [0.25, 0.3) is 0 Å². The van der Waals surface area contributed by atoms with Crippen LogP contribution < -0.4 is 15.1 Å². The van der Waals surface area contributed by atoms with E-state index in [1.807, 2.05) is 60.7 Å². The van der Waals surface area contributed by atoms with Gasteiger partial charge >= 0.3 is 0 Å². The van der Waals surface area contributed by atoms with Crippen LogP contribution in [0.5, 0.6) is 11.5 Å². The summed E-state index contributed by atoms with van der Waals surface area (Å²) in [5, 5.41) is 1.03. The predicted octanol–water partition coefficient (Wildman–Crippen LogP) is 9.11. The van der Waals surface area contributed by atoms with Crippen molar-refractivity contribution in [2.75, 3.05) is 4.90 Å². The fraction of sp³-hybridized carbons (Fsp3) is 0. The Morgan fingerprint density at radius 1 is 0.667 bits per heavy atom. The lowest BCUT2D eigenvalue weighted by molar-refractivity contribution is 0.475. The van der Waals surface area contributed by atoms with Gasteiger partial charge < -0.3 is 14.1 Å². The van der Waals surface area contributed by atoms with E-state index in [-0.39, 0.29) is 5.43 Å². The summed E-state index contributed by atoms with van der Waals surface area (Å²) in [7, 11) is 0. The summed E-state index contributed by atoms with van der Waals surface area (Å²) in [4.78, 5) is 26.9. The Morgan fingerprint density at radius 2 is 1.43 bits per heavy atom. The van der Waals surface area contributed by atoms with E-state index in [1.165, 1.54) is 4.90 Å². The molecular weight excluding hydrogens is 542 g/mol. The third-order valence-electron chi connectivity index (χ3n) is 7.79. The van der Waals surface area contributed by atoms with Crippen molar-refractivity contribution in [2.45, 2.75) is 9.79 Å². The molecule has 7 heteroatoms. The molecule has 42 heavy (non-hydrogen) atoms. The minimum Gasteiger partial charge on any atom is -0.456 e. The van der Waals surface area contributed by atoms with Gasteiger partial charge in [0.05, 0.1) is 34.0 Å². The van der Waals surface area contributed by atoms with Gasteiger partial charge in [-0.25, -0.2) is 0 Å². The molecule has 9 rings (SSSR count). The average molecular weight is 562 g/mol. The molecule has 0 bridgehead atoms. The summed E-state index contributed by atoms with van der Waals surface area (Å²) < 4.78 is 12.6. The van der Waals surface area contributed by atoms with Crippen LogP contribution in [0, 0.1) is 0 Å². The van der Waals surface area contributed by atoms with Gasteiger partial charge in [0, 0.05) is 27.7 Å². The third kappa shape index (κ3) is 3.44. The van der Waals surface area contributed by atoms with Gasteiger partial charge in [-0.2, -0.15) is 0 Å². The minimum atomic E-state index is -0.0827. The second-order valence-corrected chi connectivity index (χ2v) is 11.3. The zero-order valence-corrected chi connectivity index (χ0v) is 22.8. The maximum atomic E-state index is 13.8. The number of rotatable bonds is 2. The van der Waals surface area contributed by atoms with E-state index in [1.54, 1.807) is 30.4 Å². The number of benzene rings is 5. The van der Waals surface area contributed by atoms with Crippen LogP contribution in [0.4, 0.5) is 17.1 Å². The van der Waals surface area contributed by atoms with E-state index in [0.717, 1.165) is 50.1 Å². The number of nitrogens with zero attached hydrogens (tertiary/aromatic N) is 3. The first-order chi connectivity index (χ1) is 20.7. The van der Waals surface area contributed by atoms with Gasteiger partial charge in [0.1, 0.15) is 16.9 Å². The zero-order valence-electron chi connectivity index (χ0n) is 21.9. The van der Waals surface area contributed by atoms with Crippen molar-refractivity contribution < 1.29 is 9.15 Å². The SMILES string of the molecule is O=c1c2cc(-c3ccc4c(c3)N3c5ccccc5Sc5cccc(c53)O4)ccc2oc2ccc(-c3cnccn3)cc12. The summed E-state index contributed by atoms with van der Waals surface area (Å²) in [6.07, 6.45) is 4.95. The molecule has 0 radical (unpaired) electrons. The smallest absolute Gasteiger partial charge is 0.200 e. The number of ether oxygens (including phenoxy) is 1. The Hall–Kier alpha value is -5.40. The number of aromatic nitrogens is 2. The molecule has 0 saturated heterocycles. The largest absolute Gasteiger partial charge is 0.456 e.